The van der Waals surface area contributed by atoms with E-state index in [0.717, 1.165) is 12.0 Å². The quantitative estimate of drug-likeness (QED) is 0.841. The maximum atomic E-state index is 13.7. The second-order valence-corrected chi connectivity index (χ2v) is 5.23. The molecule has 2 N–H and O–H groups in total. The number of ether oxygens (including phenoxy) is 1. The zero-order valence-electron chi connectivity index (χ0n) is 13.2. The van der Waals surface area contributed by atoms with Gasteiger partial charge in [-0.3, -0.25) is 4.79 Å². The van der Waals surface area contributed by atoms with Crippen LogP contribution < -0.4 is 10.5 Å². The lowest BCUT2D eigenvalue weighted by atomic mass is 9.98. The van der Waals surface area contributed by atoms with Crippen LogP contribution in [0.3, 0.4) is 0 Å². The van der Waals surface area contributed by atoms with Crippen LogP contribution in [-0.4, -0.2) is 30.5 Å². The van der Waals surface area contributed by atoms with Crippen molar-refractivity contribution in [2.45, 2.75) is 39.8 Å². The molecule has 0 bridgehead atoms. The summed E-state index contributed by atoms with van der Waals surface area (Å²) in [5.74, 6) is -0.198. The summed E-state index contributed by atoms with van der Waals surface area (Å²) in [6, 6.07) is 4.20. The van der Waals surface area contributed by atoms with Crippen LogP contribution in [0.2, 0.25) is 0 Å². The number of benzene rings is 1. The lowest BCUT2D eigenvalue weighted by Crippen LogP contribution is -2.46. The first-order chi connectivity index (χ1) is 9.94. The third-order valence-electron chi connectivity index (χ3n) is 3.83. The van der Waals surface area contributed by atoms with Crippen molar-refractivity contribution in [2.75, 3.05) is 13.7 Å². The predicted octanol–water partition coefficient (Wildman–Crippen LogP) is 2.56. The second kappa shape index (κ2) is 7.98. The van der Waals surface area contributed by atoms with Crippen LogP contribution in [0.1, 0.15) is 32.8 Å². The van der Waals surface area contributed by atoms with E-state index in [1.165, 1.54) is 13.2 Å². The fourth-order valence-corrected chi connectivity index (χ4v) is 2.08. The maximum absolute atomic E-state index is 13.7. The first-order valence-electron chi connectivity index (χ1n) is 7.31. The largest absolute Gasteiger partial charge is 0.494 e. The Morgan fingerprint density at radius 3 is 2.57 bits per heavy atom. The number of nitrogens with zero attached hydrogens (tertiary/aromatic N) is 1. The van der Waals surface area contributed by atoms with Gasteiger partial charge in [-0.05, 0) is 30.5 Å². The van der Waals surface area contributed by atoms with Crippen molar-refractivity contribution in [1.29, 1.82) is 0 Å². The van der Waals surface area contributed by atoms with Gasteiger partial charge in [-0.1, -0.05) is 26.3 Å². The van der Waals surface area contributed by atoms with Gasteiger partial charge in [0.25, 0.3) is 0 Å². The van der Waals surface area contributed by atoms with Crippen molar-refractivity contribution in [3.8, 4) is 5.75 Å². The van der Waals surface area contributed by atoms with Crippen molar-refractivity contribution >= 4 is 5.91 Å². The van der Waals surface area contributed by atoms with E-state index in [1.807, 2.05) is 20.8 Å². The van der Waals surface area contributed by atoms with Gasteiger partial charge in [0.15, 0.2) is 11.6 Å². The molecule has 1 aromatic carbocycles. The third kappa shape index (κ3) is 4.43. The molecule has 1 aromatic rings. The molecule has 0 aliphatic rings. The summed E-state index contributed by atoms with van der Waals surface area (Å²) in [4.78, 5) is 14.0. The summed E-state index contributed by atoms with van der Waals surface area (Å²) in [6.07, 6.45) is 0.849. The highest BCUT2D eigenvalue weighted by molar-refractivity contribution is 5.81. The molecule has 2 unspecified atom stereocenters. The molecule has 0 fully saturated rings. The Bertz CT molecular complexity index is 479. The van der Waals surface area contributed by atoms with Crippen molar-refractivity contribution in [2.24, 2.45) is 11.7 Å². The summed E-state index contributed by atoms with van der Waals surface area (Å²) in [5.41, 5.74) is 6.71. The van der Waals surface area contributed by atoms with Gasteiger partial charge < -0.3 is 15.4 Å². The molecule has 2 atom stereocenters. The molecule has 0 radical (unpaired) electrons. The minimum Gasteiger partial charge on any atom is -0.494 e. The standard InChI is InChI=1S/C16H25FN2O2/c1-5-11(3)15(18)16(20)19(6-2)10-12-7-8-14(21-4)13(17)9-12/h7-9,11,15H,5-6,10,18H2,1-4H3. The first-order valence-corrected chi connectivity index (χ1v) is 7.31. The normalized spacial score (nSPS) is 13.6. The van der Waals surface area contributed by atoms with Crippen molar-refractivity contribution in [1.82, 2.24) is 4.90 Å². The minimum atomic E-state index is -0.516. The number of nitrogens with two attached hydrogens (primary N) is 1. The number of rotatable bonds is 7. The van der Waals surface area contributed by atoms with Crippen LogP contribution in [0.4, 0.5) is 4.39 Å². The SMILES string of the molecule is CCC(C)C(N)C(=O)N(CC)Cc1ccc(OC)c(F)c1. The molecule has 118 valence electrons. The molecule has 4 nitrogen and oxygen atoms in total. The average molecular weight is 296 g/mol. The van der Waals surface area contributed by atoms with E-state index in [-0.39, 0.29) is 17.6 Å². The number of halogens is 1. The Kier molecular flexibility index (Phi) is 6.62. The Morgan fingerprint density at radius 1 is 1.43 bits per heavy atom. The molecule has 0 aliphatic heterocycles. The Morgan fingerprint density at radius 2 is 2.10 bits per heavy atom. The molecule has 21 heavy (non-hydrogen) atoms. The predicted molar refractivity (Wildman–Crippen MR) is 81.5 cm³/mol. The van der Waals surface area contributed by atoms with Crippen LogP contribution in [0, 0.1) is 11.7 Å². The van der Waals surface area contributed by atoms with Crippen molar-refractivity contribution in [3.63, 3.8) is 0 Å². The lowest BCUT2D eigenvalue weighted by Gasteiger charge is -2.27. The van der Waals surface area contributed by atoms with E-state index in [1.54, 1.807) is 17.0 Å². The van der Waals surface area contributed by atoms with E-state index in [9.17, 15) is 9.18 Å². The maximum Gasteiger partial charge on any atom is 0.240 e. The Labute approximate surface area is 126 Å². The van der Waals surface area contributed by atoms with E-state index >= 15 is 0 Å². The monoisotopic (exact) mass is 296 g/mol. The van der Waals surface area contributed by atoms with E-state index in [0.29, 0.717) is 13.1 Å². The molecule has 0 saturated carbocycles. The highest BCUT2D eigenvalue weighted by Crippen LogP contribution is 2.19. The fraction of sp³-hybridized carbons (Fsp3) is 0.562. The summed E-state index contributed by atoms with van der Waals surface area (Å²) >= 11 is 0. The topological polar surface area (TPSA) is 55.6 Å². The molecule has 0 saturated heterocycles. The molecule has 0 aliphatic carbocycles. The average Bonchev–Trinajstić information content (AvgIpc) is 2.50. The summed E-state index contributed by atoms with van der Waals surface area (Å²) in [6.45, 7) is 6.74. The molecule has 0 aromatic heterocycles. The number of carbonyl (C=O) groups is 1. The summed E-state index contributed by atoms with van der Waals surface area (Å²) < 4.78 is 18.6. The van der Waals surface area contributed by atoms with Gasteiger partial charge in [-0.2, -0.15) is 0 Å². The molecule has 0 spiro atoms. The summed E-state index contributed by atoms with van der Waals surface area (Å²) in [5, 5.41) is 0. The lowest BCUT2D eigenvalue weighted by molar-refractivity contribution is -0.134. The molecule has 1 rings (SSSR count). The van der Waals surface area contributed by atoms with E-state index < -0.39 is 11.9 Å². The minimum absolute atomic E-state index is 0.0944. The summed E-state index contributed by atoms with van der Waals surface area (Å²) in [7, 11) is 1.42. The number of hydrogen-bond acceptors (Lipinski definition) is 3. The molecule has 1 amide bonds. The van der Waals surface area contributed by atoms with Crippen LogP contribution in [0.5, 0.6) is 5.75 Å². The first kappa shape index (κ1) is 17.4. The zero-order valence-corrected chi connectivity index (χ0v) is 13.2. The molecular weight excluding hydrogens is 271 g/mol. The van der Waals surface area contributed by atoms with Gasteiger partial charge in [0.1, 0.15) is 0 Å². The third-order valence-corrected chi connectivity index (χ3v) is 3.83. The Hall–Kier alpha value is -1.62. The van der Waals surface area contributed by atoms with Gasteiger partial charge in [-0.15, -0.1) is 0 Å². The van der Waals surface area contributed by atoms with Gasteiger partial charge in [0, 0.05) is 13.1 Å². The highest BCUT2D eigenvalue weighted by Gasteiger charge is 2.24. The number of carbonyl (C=O) groups excluding carboxylic acids is 1. The van der Waals surface area contributed by atoms with Crippen LogP contribution in [-0.2, 0) is 11.3 Å². The van der Waals surface area contributed by atoms with Crippen molar-refractivity contribution in [3.05, 3.63) is 29.6 Å². The number of amides is 1. The number of methoxy groups -OCH3 is 1. The molecular formula is C16H25FN2O2. The molecule has 0 heterocycles. The highest BCUT2D eigenvalue weighted by atomic mass is 19.1. The van der Waals surface area contributed by atoms with Gasteiger partial charge in [0.2, 0.25) is 5.91 Å². The van der Waals surface area contributed by atoms with Crippen LogP contribution >= 0.6 is 0 Å². The number of hydrogen-bond donors (Lipinski definition) is 1. The molecule has 5 heteroatoms. The van der Waals surface area contributed by atoms with Gasteiger partial charge in [-0.25, -0.2) is 4.39 Å². The number of likely N-dealkylation sites (N-methyl/N-ethyl adjacent to an activating group) is 1. The van der Waals surface area contributed by atoms with Crippen LogP contribution in [0.25, 0.3) is 0 Å². The van der Waals surface area contributed by atoms with E-state index in [4.69, 9.17) is 10.5 Å². The Balaban J connectivity index is 2.82. The smallest absolute Gasteiger partial charge is 0.240 e. The zero-order chi connectivity index (χ0) is 16.0. The van der Waals surface area contributed by atoms with E-state index in [2.05, 4.69) is 0 Å². The van der Waals surface area contributed by atoms with Gasteiger partial charge >= 0.3 is 0 Å². The fourth-order valence-electron chi connectivity index (χ4n) is 2.08. The van der Waals surface area contributed by atoms with Crippen molar-refractivity contribution < 1.29 is 13.9 Å². The second-order valence-electron chi connectivity index (χ2n) is 5.23. The van der Waals surface area contributed by atoms with Gasteiger partial charge in [0.05, 0.1) is 13.2 Å². The van der Waals surface area contributed by atoms with Crippen LogP contribution in [0.15, 0.2) is 18.2 Å².